The third-order valence-corrected chi connectivity index (χ3v) is 15.1. The molecule has 68 heavy (non-hydrogen) atoms. The highest BCUT2D eigenvalue weighted by molar-refractivity contribution is 6.34. The molecule has 17 heteroatoms. The number of nitrogens with two attached hydrogens (primary N) is 1. The van der Waals surface area contributed by atoms with E-state index in [0.29, 0.717) is 51.9 Å². The Morgan fingerprint density at radius 3 is 2.40 bits per heavy atom. The largest absolute Gasteiger partial charge is 0.496 e. The number of carbonyl (C=O) groups is 3. The van der Waals surface area contributed by atoms with Crippen molar-refractivity contribution in [3.63, 3.8) is 0 Å². The van der Waals surface area contributed by atoms with Crippen molar-refractivity contribution in [1.82, 2.24) is 30.0 Å². The van der Waals surface area contributed by atoms with Crippen LogP contribution in [0.1, 0.15) is 118 Å². The van der Waals surface area contributed by atoms with Crippen LogP contribution in [-0.2, 0) is 22.3 Å². The molecule has 0 radical (unpaired) electrons. The number of piperidine rings is 2. The Balaban J connectivity index is 0.774. The molecule has 0 unspecified atom stereocenters. The molecule has 4 fully saturated rings. The highest BCUT2D eigenvalue weighted by Crippen LogP contribution is 2.43. The van der Waals surface area contributed by atoms with Gasteiger partial charge in [-0.05, 0) is 170 Å². The Hall–Kier alpha value is -5.19. The number of rotatable bonds is 14. The lowest BCUT2D eigenvalue weighted by Gasteiger charge is -2.38. The van der Waals surface area contributed by atoms with Crippen molar-refractivity contribution < 1.29 is 32.3 Å². The number of amides is 4. The zero-order valence-corrected chi connectivity index (χ0v) is 40.4. The van der Waals surface area contributed by atoms with Crippen molar-refractivity contribution >= 4 is 57.5 Å². The molecule has 3 aliphatic heterocycles. The summed E-state index contributed by atoms with van der Waals surface area (Å²) in [6.07, 6.45) is 5.61. The van der Waals surface area contributed by atoms with E-state index in [-0.39, 0.29) is 35.8 Å². The Morgan fingerprint density at radius 2 is 1.71 bits per heavy atom. The molecule has 4 heterocycles. The summed E-state index contributed by atoms with van der Waals surface area (Å²) in [5.41, 5.74) is 8.95. The smallest absolute Gasteiger partial charge is 0.416 e. The van der Waals surface area contributed by atoms with Gasteiger partial charge in [0.2, 0.25) is 11.8 Å². The third kappa shape index (κ3) is 11.6. The summed E-state index contributed by atoms with van der Waals surface area (Å²) in [7, 11) is 3.90. The van der Waals surface area contributed by atoms with E-state index in [1.54, 1.807) is 31.9 Å². The first-order valence-electron chi connectivity index (χ1n) is 24.2. The van der Waals surface area contributed by atoms with Gasteiger partial charge >= 0.3 is 12.2 Å². The van der Waals surface area contributed by atoms with Gasteiger partial charge in [-0.15, -0.1) is 0 Å². The van der Waals surface area contributed by atoms with Gasteiger partial charge in [0, 0.05) is 61.7 Å². The van der Waals surface area contributed by atoms with E-state index in [4.69, 9.17) is 22.1 Å². The number of fused-ring (bicyclic) bond motifs is 1. The number of hydrogen-bond acceptors (Lipinski definition) is 10. The van der Waals surface area contributed by atoms with Gasteiger partial charge in [-0.2, -0.15) is 13.2 Å². The monoisotopic (exact) mass is 959 g/mol. The number of aromatic nitrogens is 2. The summed E-state index contributed by atoms with van der Waals surface area (Å²) in [5.74, 6) is 2.57. The summed E-state index contributed by atoms with van der Waals surface area (Å²) in [5, 5.41) is 6.97. The first-order chi connectivity index (χ1) is 32.5. The predicted octanol–water partition coefficient (Wildman–Crippen LogP) is 9.71. The van der Waals surface area contributed by atoms with Crippen LogP contribution in [0.2, 0.25) is 5.02 Å². The number of likely N-dealkylation sites (tertiary alicyclic amines) is 2. The van der Waals surface area contributed by atoms with Crippen LogP contribution in [0.25, 0.3) is 10.9 Å². The van der Waals surface area contributed by atoms with E-state index >= 15 is 0 Å². The maximum Gasteiger partial charge on any atom is 0.416 e. The van der Waals surface area contributed by atoms with Crippen LogP contribution in [0.3, 0.4) is 0 Å². The van der Waals surface area contributed by atoms with Crippen molar-refractivity contribution in [2.24, 2.45) is 11.8 Å². The fraction of sp³-hybridized carbons (Fsp3) is 0.549. The van der Waals surface area contributed by atoms with Crippen LogP contribution in [0.15, 0.2) is 48.5 Å². The minimum Gasteiger partial charge on any atom is -0.496 e. The molecule has 366 valence electrons. The average Bonchev–Trinajstić information content (AvgIpc) is 3.31. The molecular weight excluding hydrogens is 895 g/mol. The van der Waals surface area contributed by atoms with E-state index < -0.39 is 23.8 Å². The van der Waals surface area contributed by atoms with Crippen molar-refractivity contribution in [3.05, 3.63) is 81.6 Å². The number of urea groups is 1. The second kappa shape index (κ2) is 21.2. The van der Waals surface area contributed by atoms with Crippen LogP contribution in [-0.4, -0.2) is 102 Å². The van der Waals surface area contributed by atoms with Crippen LogP contribution < -0.4 is 26.0 Å². The summed E-state index contributed by atoms with van der Waals surface area (Å²) in [6, 6.07) is 13.0. The van der Waals surface area contributed by atoms with Crippen molar-refractivity contribution in [3.8, 4) is 5.75 Å². The lowest BCUT2D eigenvalue weighted by Crippen LogP contribution is -2.49. The molecule has 0 bridgehead atoms. The Labute approximate surface area is 402 Å². The van der Waals surface area contributed by atoms with Crippen LogP contribution in [0.4, 0.5) is 35.2 Å². The molecule has 4 amide bonds. The Morgan fingerprint density at radius 1 is 0.971 bits per heavy atom. The highest BCUT2D eigenvalue weighted by Gasteiger charge is 2.35. The van der Waals surface area contributed by atoms with Crippen LogP contribution in [0.5, 0.6) is 5.75 Å². The van der Waals surface area contributed by atoms with Gasteiger partial charge in [-0.25, -0.2) is 14.8 Å². The van der Waals surface area contributed by atoms with Gasteiger partial charge in [0.15, 0.2) is 0 Å². The molecule has 1 aromatic heterocycles. The van der Waals surface area contributed by atoms with Crippen LogP contribution >= 0.6 is 11.6 Å². The molecule has 8 rings (SSSR count). The number of benzene rings is 3. The van der Waals surface area contributed by atoms with Gasteiger partial charge in [0.05, 0.1) is 34.9 Å². The summed E-state index contributed by atoms with van der Waals surface area (Å²) >= 11 is 6.48. The lowest BCUT2D eigenvalue weighted by atomic mass is 9.77. The SMILES string of the molecule is COc1cc2nc(C)nc(N[C@H](C)c3cc(N)cc(C(F)(F)F)c3)c2cc1C1CCC(C(=O)N2CCC(CCCN(C)C3CCN(Cc4ccc(Cl)c(N5CCC(=O)NC5=O)c4)CC3)CC2)CC1. The van der Waals surface area contributed by atoms with Crippen molar-refractivity contribution in [2.75, 3.05) is 69.4 Å². The second-order valence-electron chi connectivity index (χ2n) is 19.5. The maximum atomic E-state index is 13.9. The molecule has 0 spiro atoms. The predicted molar refractivity (Wildman–Crippen MR) is 260 cm³/mol. The molecule has 1 aliphatic carbocycles. The number of ether oxygens (including phenoxy) is 1. The number of nitrogens with zero attached hydrogens (tertiary/aromatic N) is 6. The maximum absolute atomic E-state index is 13.9. The normalized spacial score (nSPS) is 20.8. The molecular formula is C51H65ClF3N9O4. The van der Waals surface area contributed by atoms with E-state index in [2.05, 4.69) is 42.3 Å². The first kappa shape index (κ1) is 49.2. The van der Waals surface area contributed by atoms with E-state index in [1.807, 2.05) is 30.3 Å². The summed E-state index contributed by atoms with van der Waals surface area (Å²) in [6.45, 7) is 9.36. The molecule has 4 N–H and O–H groups in total. The van der Waals surface area contributed by atoms with Crippen molar-refractivity contribution in [2.45, 2.75) is 115 Å². The Bertz CT molecular complexity index is 2470. The standard InChI is InChI=1S/C51H65ClF3N9O4/c1-31(37-25-38(51(53,54)55)27-39(56)26-37)57-48-42-28-41(46(68-4)29-44(42)58-32(2)59-48)35-8-10-36(11-9-35)49(66)63-21-13-33(14-22-63)6-5-18-61(3)40-15-19-62(20-16-40)30-34-7-12-43(52)45(24-34)64-23-17-47(65)60-50(64)67/h7,12,24-29,31,33,35-36,40H,5-6,8-11,13-23,30,56H2,1-4H3,(H,57,58,59)(H,60,65,67)/t31-,35?,36?/m1/s1. The number of halogens is 4. The summed E-state index contributed by atoms with van der Waals surface area (Å²) < 4.78 is 46.8. The van der Waals surface area contributed by atoms with Gasteiger partial charge in [-0.3, -0.25) is 24.7 Å². The second-order valence-corrected chi connectivity index (χ2v) is 19.9. The molecule has 3 aromatic carbocycles. The molecule has 4 aliphatic rings. The van der Waals surface area contributed by atoms with Gasteiger partial charge in [0.1, 0.15) is 17.4 Å². The molecule has 4 aromatic rings. The number of nitrogen functional groups attached to an aromatic ring is 1. The number of carbonyl (C=O) groups excluding carboxylic acids is 3. The number of methoxy groups -OCH3 is 1. The fourth-order valence-corrected chi connectivity index (χ4v) is 11.1. The van der Waals surface area contributed by atoms with Gasteiger partial charge < -0.3 is 25.6 Å². The van der Waals surface area contributed by atoms with Crippen molar-refractivity contribution in [1.29, 1.82) is 0 Å². The fourth-order valence-electron chi connectivity index (χ4n) is 10.9. The van der Waals surface area contributed by atoms with E-state index in [9.17, 15) is 27.6 Å². The number of nitrogens with one attached hydrogen (secondary N) is 2. The molecule has 3 saturated heterocycles. The molecule has 13 nitrogen and oxygen atoms in total. The minimum atomic E-state index is -4.52. The topological polar surface area (TPSA) is 149 Å². The van der Waals surface area contributed by atoms with Gasteiger partial charge in [-0.1, -0.05) is 17.7 Å². The van der Waals surface area contributed by atoms with E-state index in [0.717, 1.165) is 131 Å². The van der Waals surface area contributed by atoms with E-state index in [1.165, 1.54) is 6.42 Å². The lowest BCUT2D eigenvalue weighted by molar-refractivity contribution is -0.138. The third-order valence-electron chi connectivity index (χ3n) is 14.8. The zero-order valence-electron chi connectivity index (χ0n) is 39.6. The number of hydrogen-bond donors (Lipinski definition) is 3. The summed E-state index contributed by atoms with van der Waals surface area (Å²) in [4.78, 5) is 56.0. The minimum absolute atomic E-state index is 0.00206. The zero-order chi connectivity index (χ0) is 48.3. The quantitative estimate of drug-likeness (QED) is 0.104. The first-order valence-corrected chi connectivity index (χ1v) is 24.6. The highest BCUT2D eigenvalue weighted by atomic mass is 35.5. The average molecular weight is 961 g/mol. The molecule has 1 atom stereocenters. The number of alkyl halides is 3. The number of anilines is 3. The number of imide groups is 1. The number of aryl methyl sites for hydroxylation is 1. The molecule has 1 saturated carbocycles. The van der Waals surface area contributed by atoms with Crippen LogP contribution in [0, 0.1) is 18.8 Å². The van der Waals surface area contributed by atoms with Gasteiger partial charge in [0.25, 0.3) is 0 Å². The Kier molecular flexibility index (Phi) is 15.4.